The van der Waals surface area contributed by atoms with Crippen LogP contribution < -0.4 is 11.1 Å². The number of halogens is 3. The molecule has 8 nitrogen and oxygen atoms in total. The van der Waals surface area contributed by atoms with Crippen molar-refractivity contribution in [2.45, 2.75) is 31.6 Å². The van der Waals surface area contributed by atoms with E-state index in [1.807, 2.05) is 0 Å². The van der Waals surface area contributed by atoms with E-state index >= 15 is 0 Å². The number of nitrogen functional groups attached to an aromatic ring is 1. The number of carbonyl (C=O) groups excluding carboxylic acids is 2. The van der Waals surface area contributed by atoms with Gasteiger partial charge in [-0.1, -0.05) is 23.7 Å². The average Bonchev–Trinajstić information content (AvgIpc) is 3.33. The van der Waals surface area contributed by atoms with Crippen LogP contribution in [0.1, 0.15) is 17.7 Å². The smallest absolute Gasteiger partial charge is 0.243 e. The van der Waals surface area contributed by atoms with Crippen LogP contribution in [-0.2, 0) is 22.6 Å². The molecule has 2 amide bonds. The minimum atomic E-state index is -1.33. The molecule has 1 fully saturated rings. The molecule has 0 spiro atoms. The van der Waals surface area contributed by atoms with Crippen LogP contribution in [-0.4, -0.2) is 50.1 Å². The fraction of sp³-hybridized carbons (Fsp3) is 0.300. The van der Waals surface area contributed by atoms with Crippen molar-refractivity contribution in [1.82, 2.24) is 24.8 Å². The summed E-state index contributed by atoms with van der Waals surface area (Å²) in [6, 6.07) is 6.82. The van der Waals surface area contributed by atoms with Gasteiger partial charge >= 0.3 is 0 Å². The molecule has 0 radical (unpaired) electrons. The zero-order valence-electron chi connectivity index (χ0n) is 16.3. The van der Waals surface area contributed by atoms with Gasteiger partial charge in [-0.2, -0.15) is 5.10 Å². The molecule has 3 heterocycles. The first kappa shape index (κ1) is 21.0. The molecule has 0 unspecified atom stereocenters. The molecule has 4 rings (SSSR count). The van der Waals surface area contributed by atoms with Gasteiger partial charge in [0.15, 0.2) is 5.82 Å². The summed E-state index contributed by atoms with van der Waals surface area (Å²) in [6.45, 7) is -0.316. The third-order valence-corrected chi connectivity index (χ3v) is 5.54. The second kappa shape index (κ2) is 8.46. The number of alkyl halides is 1. The molecular formula is C20H19ClF2N6O2. The van der Waals surface area contributed by atoms with Gasteiger partial charge in [-0.25, -0.2) is 18.3 Å². The van der Waals surface area contributed by atoms with Crippen molar-refractivity contribution in [3.8, 4) is 0 Å². The molecule has 0 saturated carbocycles. The second-order valence-electron chi connectivity index (χ2n) is 7.27. The molecule has 162 valence electrons. The summed E-state index contributed by atoms with van der Waals surface area (Å²) in [4.78, 5) is 30.7. The van der Waals surface area contributed by atoms with E-state index in [1.54, 1.807) is 18.2 Å². The zero-order valence-corrected chi connectivity index (χ0v) is 17.0. The normalized spacial score (nSPS) is 18.5. The van der Waals surface area contributed by atoms with Crippen LogP contribution in [0.4, 0.5) is 14.6 Å². The van der Waals surface area contributed by atoms with Crippen LogP contribution in [0.15, 0.2) is 36.7 Å². The summed E-state index contributed by atoms with van der Waals surface area (Å²) < 4.78 is 29.6. The van der Waals surface area contributed by atoms with Crippen LogP contribution in [0.2, 0.25) is 5.02 Å². The third-order valence-electron chi connectivity index (χ3n) is 5.25. The molecule has 1 aliphatic rings. The number of anilines is 1. The molecule has 0 aliphatic carbocycles. The van der Waals surface area contributed by atoms with Gasteiger partial charge in [0.1, 0.15) is 29.9 Å². The number of hydrogen-bond acceptors (Lipinski definition) is 5. The zero-order chi connectivity index (χ0) is 22.1. The Labute approximate surface area is 181 Å². The van der Waals surface area contributed by atoms with Crippen molar-refractivity contribution in [2.75, 3.05) is 12.3 Å². The van der Waals surface area contributed by atoms with Crippen molar-refractivity contribution >= 4 is 34.7 Å². The van der Waals surface area contributed by atoms with Crippen LogP contribution in [0.3, 0.4) is 0 Å². The van der Waals surface area contributed by atoms with E-state index in [4.69, 9.17) is 17.3 Å². The molecule has 1 aromatic carbocycles. The molecule has 1 saturated heterocycles. The van der Waals surface area contributed by atoms with E-state index in [0.717, 1.165) is 0 Å². The van der Waals surface area contributed by atoms with E-state index in [0.29, 0.717) is 11.2 Å². The maximum atomic E-state index is 14.1. The molecule has 0 bridgehead atoms. The lowest BCUT2D eigenvalue weighted by atomic mass is 10.1. The number of benzene rings is 1. The van der Waals surface area contributed by atoms with Gasteiger partial charge in [0, 0.05) is 18.5 Å². The Morgan fingerprint density at radius 1 is 1.29 bits per heavy atom. The van der Waals surface area contributed by atoms with Crippen molar-refractivity contribution in [3.63, 3.8) is 0 Å². The van der Waals surface area contributed by atoms with Gasteiger partial charge in [-0.15, -0.1) is 0 Å². The fourth-order valence-electron chi connectivity index (χ4n) is 3.69. The SMILES string of the molecule is Nc1ncnn2c(CC(=O)N3C[C@H](F)C[C@H]3C(=O)NCc3cccc(Cl)c3F)ccc12. The van der Waals surface area contributed by atoms with Gasteiger partial charge in [0.05, 0.1) is 23.7 Å². The van der Waals surface area contributed by atoms with E-state index in [1.165, 1.54) is 27.9 Å². The predicted octanol–water partition coefficient (Wildman–Crippen LogP) is 1.90. The Morgan fingerprint density at radius 2 is 2.10 bits per heavy atom. The minimum Gasteiger partial charge on any atom is -0.382 e. The number of nitrogens with one attached hydrogen (secondary N) is 1. The Morgan fingerprint density at radius 3 is 2.90 bits per heavy atom. The molecule has 2 aromatic heterocycles. The maximum Gasteiger partial charge on any atom is 0.243 e. The van der Waals surface area contributed by atoms with Crippen LogP contribution in [0.25, 0.3) is 5.52 Å². The van der Waals surface area contributed by atoms with E-state index in [-0.39, 0.29) is 42.3 Å². The van der Waals surface area contributed by atoms with E-state index in [2.05, 4.69) is 15.4 Å². The molecule has 2 atom stereocenters. The molecule has 3 N–H and O–H groups in total. The third kappa shape index (κ3) is 4.15. The van der Waals surface area contributed by atoms with Crippen LogP contribution >= 0.6 is 11.6 Å². The molecule has 1 aliphatic heterocycles. The lowest BCUT2D eigenvalue weighted by Crippen LogP contribution is -2.46. The van der Waals surface area contributed by atoms with Crippen molar-refractivity contribution < 1.29 is 18.4 Å². The van der Waals surface area contributed by atoms with Gasteiger partial charge < -0.3 is 16.0 Å². The number of nitrogens with zero attached hydrogens (tertiary/aromatic N) is 4. The monoisotopic (exact) mass is 448 g/mol. The Hall–Kier alpha value is -3.27. The van der Waals surface area contributed by atoms with E-state index < -0.39 is 29.8 Å². The molecule has 31 heavy (non-hydrogen) atoms. The number of carbonyl (C=O) groups is 2. The number of amides is 2. The standard InChI is InChI=1S/C20H19ClF2N6O2/c21-14-3-1-2-11(18(14)23)8-25-20(31)16-6-12(22)9-28(16)17(30)7-13-4-5-15-19(24)26-10-27-29(13)15/h1-5,10,12,16H,6-9H2,(H,25,31)(H2,24,26,27)/t12-,16+/m1/s1. The highest BCUT2D eigenvalue weighted by molar-refractivity contribution is 6.30. The number of aromatic nitrogens is 3. The highest BCUT2D eigenvalue weighted by Gasteiger charge is 2.39. The Balaban J connectivity index is 1.46. The highest BCUT2D eigenvalue weighted by Crippen LogP contribution is 2.23. The first-order valence-corrected chi connectivity index (χ1v) is 9.94. The largest absolute Gasteiger partial charge is 0.382 e. The quantitative estimate of drug-likeness (QED) is 0.620. The van der Waals surface area contributed by atoms with Crippen LogP contribution in [0.5, 0.6) is 0 Å². The molecule has 11 heteroatoms. The Kier molecular flexibility index (Phi) is 5.73. The minimum absolute atomic E-state index is 0.0582. The maximum absolute atomic E-state index is 14.1. The topological polar surface area (TPSA) is 106 Å². The van der Waals surface area contributed by atoms with E-state index in [9.17, 15) is 18.4 Å². The van der Waals surface area contributed by atoms with Gasteiger partial charge in [0.2, 0.25) is 11.8 Å². The number of hydrogen-bond donors (Lipinski definition) is 2. The average molecular weight is 449 g/mol. The van der Waals surface area contributed by atoms with Crippen LogP contribution in [0, 0.1) is 5.82 Å². The van der Waals surface area contributed by atoms with Crippen molar-refractivity contribution in [3.05, 3.63) is 58.8 Å². The number of rotatable bonds is 5. The molecule has 3 aromatic rings. The summed E-state index contributed by atoms with van der Waals surface area (Å²) in [5, 5.41) is 6.60. The Bertz CT molecular complexity index is 1150. The molecular weight excluding hydrogens is 430 g/mol. The summed E-state index contributed by atoms with van der Waals surface area (Å²) in [5.41, 5.74) is 7.09. The summed E-state index contributed by atoms with van der Waals surface area (Å²) in [6.07, 6.45) is -0.275. The van der Waals surface area contributed by atoms with Gasteiger partial charge in [-0.3, -0.25) is 9.59 Å². The summed E-state index contributed by atoms with van der Waals surface area (Å²) in [7, 11) is 0. The van der Waals surface area contributed by atoms with Crippen molar-refractivity contribution in [1.29, 1.82) is 0 Å². The van der Waals surface area contributed by atoms with Gasteiger partial charge in [-0.05, 0) is 18.2 Å². The lowest BCUT2D eigenvalue weighted by Gasteiger charge is -2.23. The number of fused-ring (bicyclic) bond motifs is 1. The predicted molar refractivity (Wildman–Crippen MR) is 109 cm³/mol. The number of likely N-dealkylation sites (tertiary alicyclic amines) is 1. The number of nitrogens with two attached hydrogens (primary N) is 1. The van der Waals surface area contributed by atoms with Crippen molar-refractivity contribution in [2.24, 2.45) is 0 Å². The highest BCUT2D eigenvalue weighted by atomic mass is 35.5. The summed E-state index contributed by atoms with van der Waals surface area (Å²) in [5.74, 6) is -1.34. The fourth-order valence-corrected chi connectivity index (χ4v) is 3.89. The van der Waals surface area contributed by atoms with Gasteiger partial charge in [0.25, 0.3) is 0 Å². The first-order valence-electron chi connectivity index (χ1n) is 9.56. The lowest BCUT2D eigenvalue weighted by molar-refractivity contribution is -0.138. The second-order valence-corrected chi connectivity index (χ2v) is 7.68. The summed E-state index contributed by atoms with van der Waals surface area (Å²) >= 11 is 5.75. The first-order chi connectivity index (χ1) is 14.8.